The van der Waals surface area contributed by atoms with Crippen molar-refractivity contribution in [3.63, 3.8) is 0 Å². The summed E-state index contributed by atoms with van der Waals surface area (Å²) in [6.45, 7) is 8.31. The second kappa shape index (κ2) is 5.76. The first-order chi connectivity index (χ1) is 10.0. The lowest BCUT2D eigenvalue weighted by Crippen LogP contribution is -2.68. The van der Waals surface area contributed by atoms with E-state index >= 15 is 0 Å². The summed E-state index contributed by atoms with van der Waals surface area (Å²) < 4.78 is 11.3. The normalized spacial score (nSPS) is 38.0. The summed E-state index contributed by atoms with van der Waals surface area (Å²) >= 11 is 0. The van der Waals surface area contributed by atoms with E-state index in [1.807, 2.05) is 7.05 Å². The van der Waals surface area contributed by atoms with Crippen molar-refractivity contribution in [3.8, 4) is 0 Å². The monoisotopic (exact) mass is 295 g/mol. The van der Waals surface area contributed by atoms with E-state index in [0.717, 1.165) is 38.7 Å². The predicted molar refractivity (Wildman–Crippen MR) is 83.5 cm³/mol. The number of fused-ring (bicyclic) bond motifs is 1. The molecule has 0 bridgehead atoms. The van der Waals surface area contributed by atoms with E-state index in [4.69, 9.17) is 9.47 Å². The number of rotatable bonds is 3. The highest BCUT2D eigenvalue weighted by Gasteiger charge is 2.59. The van der Waals surface area contributed by atoms with Crippen LogP contribution in [-0.2, 0) is 9.47 Å². The number of nitrogens with one attached hydrogen (secondary N) is 1. The maximum absolute atomic E-state index is 5.87. The Morgan fingerprint density at radius 1 is 1.33 bits per heavy atom. The minimum atomic E-state index is 0.189. The third-order valence-corrected chi connectivity index (χ3v) is 5.51. The van der Waals surface area contributed by atoms with Crippen molar-refractivity contribution in [2.45, 2.75) is 38.8 Å². The molecule has 3 aliphatic rings. The van der Waals surface area contributed by atoms with Crippen molar-refractivity contribution in [3.05, 3.63) is 0 Å². The highest BCUT2D eigenvalue weighted by atomic mass is 16.5. The molecule has 5 heteroatoms. The van der Waals surface area contributed by atoms with Gasteiger partial charge in [0.2, 0.25) is 0 Å². The van der Waals surface area contributed by atoms with Gasteiger partial charge in [-0.3, -0.25) is 4.99 Å². The van der Waals surface area contributed by atoms with Crippen LogP contribution in [0.2, 0.25) is 0 Å². The van der Waals surface area contributed by atoms with Gasteiger partial charge in [-0.1, -0.05) is 13.8 Å². The van der Waals surface area contributed by atoms with Crippen molar-refractivity contribution in [1.82, 2.24) is 10.2 Å². The highest BCUT2D eigenvalue weighted by molar-refractivity contribution is 5.80. The Morgan fingerprint density at radius 3 is 2.81 bits per heavy atom. The molecule has 0 amide bonds. The van der Waals surface area contributed by atoms with Gasteiger partial charge in [0.05, 0.1) is 12.7 Å². The molecule has 0 aromatic heterocycles. The minimum Gasteiger partial charge on any atom is -0.381 e. The van der Waals surface area contributed by atoms with Crippen LogP contribution in [0.1, 0.15) is 26.7 Å². The summed E-state index contributed by atoms with van der Waals surface area (Å²) in [6, 6.07) is 0.464. The molecule has 5 nitrogen and oxygen atoms in total. The highest BCUT2D eigenvalue weighted by Crippen LogP contribution is 2.52. The number of hydrogen-bond acceptors (Lipinski definition) is 3. The SMILES string of the molecule is CN=C(NC1C2CCOC2C1(C)C)N(C)CC1CCOC1. The quantitative estimate of drug-likeness (QED) is 0.630. The second-order valence-corrected chi connectivity index (χ2v) is 7.34. The summed E-state index contributed by atoms with van der Waals surface area (Å²) in [5, 5.41) is 3.69. The first-order valence-electron chi connectivity index (χ1n) is 8.18. The summed E-state index contributed by atoms with van der Waals surface area (Å²) in [4.78, 5) is 6.73. The molecule has 120 valence electrons. The number of aliphatic imine (C=N–C) groups is 1. The van der Waals surface area contributed by atoms with Crippen LogP contribution < -0.4 is 5.32 Å². The third-order valence-electron chi connectivity index (χ3n) is 5.51. The average Bonchev–Trinajstić information content (AvgIpc) is 3.09. The second-order valence-electron chi connectivity index (χ2n) is 7.34. The van der Waals surface area contributed by atoms with Gasteiger partial charge >= 0.3 is 0 Å². The molecular formula is C16H29N3O2. The average molecular weight is 295 g/mol. The first-order valence-corrected chi connectivity index (χ1v) is 8.18. The number of ether oxygens (including phenoxy) is 2. The van der Waals surface area contributed by atoms with Crippen molar-refractivity contribution in [2.24, 2.45) is 22.2 Å². The molecule has 0 spiro atoms. The van der Waals surface area contributed by atoms with Crippen LogP contribution in [0.4, 0.5) is 0 Å². The molecule has 2 aliphatic heterocycles. The molecule has 4 atom stereocenters. The lowest BCUT2D eigenvalue weighted by molar-refractivity contribution is -0.107. The van der Waals surface area contributed by atoms with Gasteiger partial charge in [0.15, 0.2) is 5.96 Å². The van der Waals surface area contributed by atoms with Crippen molar-refractivity contribution < 1.29 is 9.47 Å². The fourth-order valence-electron chi connectivity index (χ4n) is 4.30. The molecule has 1 N–H and O–H groups in total. The van der Waals surface area contributed by atoms with Crippen LogP contribution in [0, 0.1) is 17.3 Å². The van der Waals surface area contributed by atoms with Gasteiger partial charge in [0, 0.05) is 57.1 Å². The molecule has 0 radical (unpaired) electrons. The minimum absolute atomic E-state index is 0.189. The number of hydrogen-bond donors (Lipinski definition) is 1. The summed E-state index contributed by atoms with van der Waals surface area (Å²) in [5.41, 5.74) is 0.189. The molecule has 0 aromatic carbocycles. The van der Waals surface area contributed by atoms with Crippen LogP contribution in [-0.4, -0.2) is 63.5 Å². The molecule has 0 aromatic rings. The number of guanidine groups is 1. The molecule has 3 fully saturated rings. The van der Waals surface area contributed by atoms with Gasteiger partial charge in [-0.2, -0.15) is 0 Å². The zero-order chi connectivity index (χ0) is 15.0. The van der Waals surface area contributed by atoms with Gasteiger partial charge in [-0.25, -0.2) is 0 Å². The standard InChI is InChI=1S/C16H29N3O2/c1-16(2)13(12-6-8-21-14(12)16)18-15(17-3)19(4)9-11-5-7-20-10-11/h11-14H,5-10H2,1-4H3,(H,17,18). The molecule has 2 saturated heterocycles. The fraction of sp³-hybridized carbons (Fsp3) is 0.938. The zero-order valence-electron chi connectivity index (χ0n) is 13.8. The Labute approximate surface area is 128 Å². The van der Waals surface area contributed by atoms with Crippen molar-refractivity contribution in [1.29, 1.82) is 0 Å². The van der Waals surface area contributed by atoms with Crippen molar-refractivity contribution in [2.75, 3.05) is 40.5 Å². The maximum atomic E-state index is 5.87. The Hall–Kier alpha value is -0.810. The van der Waals surface area contributed by atoms with Crippen LogP contribution >= 0.6 is 0 Å². The Morgan fingerprint density at radius 2 is 2.14 bits per heavy atom. The van der Waals surface area contributed by atoms with Gasteiger partial charge < -0.3 is 19.7 Å². The van der Waals surface area contributed by atoms with Crippen LogP contribution in [0.15, 0.2) is 4.99 Å². The van der Waals surface area contributed by atoms with Gasteiger partial charge in [-0.05, 0) is 12.8 Å². The van der Waals surface area contributed by atoms with E-state index in [-0.39, 0.29) is 5.41 Å². The van der Waals surface area contributed by atoms with Gasteiger partial charge in [-0.15, -0.1) is 0 Å². The molecule has 21 heavy (non-hydrogen) atoms. The van der Waals surface area contributed by atoms with E-state index in [2.05, 4.69) is 36.1 Å². The van der Waals surface area contributed by atoms with E-state index < -0.39 is 0 Å². The molecule has 3 rings (SSSR count). The lowest BCUT2D eigenvalue weighted by Gasteiger charge is -2.55. The Kier molecular flexibility index (Phi) is 4.14. The fourth-order valence-corrected chi connectivity index (χ4v) is 4.30. The zero-order valence-corrected chi connectivity index (χ0v) is 13.8. The molecule has 1 aliphatic carbocycles. The Balaban J connectivity index is 1.59. The molecular weight excluding hydrogens is 266 g/mol. The topological polar surface area (TPSA) is 46.1 Å². The summed E-state index contributed by atoms with van der Waals surface area (Å²) in [7, 11) is 4.00. The smallest absolute Gasteiger partial charge is 0.193 e. The lowest BCUT2D eigenvalue weighted by atomic mass is 9.57. The van der Waals surface area contributed by atoms with Gasteiger partial charge in [0.1, 0.15) is 0 Å². The predicted octanol–water partition coefficient (Wildman–Crippen LogP) is 1.34. The van der Waals surface area contributed by atoms with Gasteiger partial charge in [0.25, 0.3) is 0 Å². The van der Waals surface area contributed by atoms with E-state index in [1.54, 1.807) is 0 Å². The maximum Gasteiger partial charge on any atom is 0.193 e. The van der Waals surface area contributed by atoms with E-state index in [1.165, 1.54) is 6.42 Å². The van der Waals surface area contributed by atoms with Crippen LogP contribution in [0.3, 0.4) is 0 Å². The summed E-state index contributed by atoms with van der Waals surface area (Å²) in [5.74, 6) is 2.27. The number of nitrogens with zero attached hydrogens (tertiary/aromatic N) is 2. The largest absolute Gasteiger partial charge is 0.381 e. The van der Waals surface area contributed by atoms with Crippen LogP contribution in [0.5, 0.6) is 0 Å². The Bertz CT molecular complexity index is 404. The summed E-state index contributed by atoms with van der Waals surface area (Å²) in [6.07, 6.45) is 2.75. The molecule has 2 heterocycles. The first kappa shape index (κ1) is 15.1. The third kappa shape index (κ3) is 2.66. The molecule has 4 unspecified atom stereocenters. The van der Waals surface area contributed by atoms with E-state index in [0.29, 0.717) is 24.0 Å². The van der Waals surface area contributed by atoms with Crippen LogP contribution in [0.25, 0.3) is 0 Å². The molecule has 1 saturated carbocycles. The van der Waals surface area contributed by atoms with Crippen molar-refractivity contribution >= 4 is 5.96 Å². The van der Waals surface area contributed by atoms with E-state index in [9.17, 15) is 0 Å².